The van der Waals surface area contributed by atoms with E-state index in [4.69, 9.17) is 12.8 Å². The maximum Gasteiger partial charge on any atom is 0.245 e. The first kappa shape index (κ1) is 8.76. The van der Waals surface area contributed by atoms with Gasteiger partial charge in [0.25, 0.3) is 0 Å². The fourth-order valence-corrected chi connectivity index (χ4v) is 0.736. The molecule has 1 heterocycles. The van der Waals surface area contributed by atoms with E-state index in [9.17, 15) is 9.59 Å². The van der Waals surface area contributed by atoms with Crippen LogP contribution in [0, 0.1) is 0 Å². The predicted octanol–water partition coefficient (Wildman–Crippen LogP) is -1.14. The molecule has 0 bridgehead atoms. The molecule has 1 amide bonds. The van der Waals surface area contributed by atoms with Gasteiger partial charge >= 0.3 is 0 Å². The van der Waals surface area contributed by atoms with Gasteiger partial charge in [0.2, 0.25) is 11.7 Å². The number of primary amides is 1. The average Bonchev–Trinajstić information content (AvgIpc) is 2.17. The second kappa shape index (κ2) is 3.51. The number of Topliss-reactive ketones (excluding diaryl/α,β-unsaturated/α-hetero) is 1. The van der Waals surface area contributed by atoms with Crippen molar-refractivity contribution in [2.24, 2.45) is 11.5 Å². The number of aromatic nitrogens is 2. The molecule has 0 aliphatic heterocycles. The number of hydrogen-bond acceptors (Lipinski definition) is 5. The van der Waals surface area contributed by atoms with Crippen LogP contribution in [0.4, 0.5) is 0 Å². The molecule has 74 valence electrons. The topological polar surface area (TPSA) is 112 Å². The van der Waals surface area contributed by atoms with Crippen LogP contribution < -0.4 is 11.5 Å². The number of rotatable bonds is 3. The number of nitrogens with two attached hydrogens (primary N) is 2. The summed E-state index contributed by atoms with van der Waals surface area (Å²) in [5, 5.41) is 0. The van der Waals surface area contributed by atoms with Gasteiger partial charge in [0.05, 0.1) is 7.54 Å². The molecule has 0 spiro atoms. The smallest absolute Gasteiger partial charge is 0.245 e. The summed E-state index contributed by atoms with van der Waals surface area (Å²) in [7, 11) is 0. The van der Waals surface area contributed by atoms with Gasteiger partial charge in [-0.1, -0.05) is 0 Å². The summed E-state index contributed by atoms with van der Waals surface area (Å²) in [5.74, 6) is -1.79. The van der Waals surface area contributed by atoms with Crippen LogP contribution in [0.25, 0.3) is 0 Å². The van der Waals surface area contributed by atoms with Gasteiger partial charge in [-0.15, -0.1) is 0 Å². The Bertz CT molecular complexity index is 419. The van der Waals surface area contributed by atoms with Crippen LogP contribution >= 0.6 is 0 Å². The third-order valence-corrected chi connectivity index (χ3v) is 1.71. The molecule has 0 saturated heterocycles. The van der Waals surface area contributed by atoms with Crippen molar-refractivity contribution in [1.82, 2.24) is 9.97 Å². The molecule has 0 aliphatic rings. The normalized spacial score (nSPS) is 15.4. The molecule has 0 aliphatic carbocycles. The zero-order valence-electron chi connectivity index (χ0n) is 8.52. The van der Waals surface area contributed by atoms with Gasteiger partial charge in [0, 0.05) is 12.4 Å². The van der Waals surface area contributed by atoms with E-state index in [1.807, 2.05) is 0 Å². The summed E-state index contributed by atoms with van der Waals surface area (Å²) in [6.07, 6.45) is 2.17. The maximum absolute atomic E-state index is 11.7. The van der Waals surface area contributed by atoms with Gasteiger partial charge in [-0.2, -0.15) is 0 Å². The number of nitrogens with zero attached hydrogens (tertiary/aromatic N) is 2. The molecule has 6 heteroatoms. The number of carbonyl (C=O) groups excluding carboxylic acids is 2. The fraction of sp³-hybridized carbons (Fsp3) is 0.250. The first-order chi connectivity index (χ1) is 6.87. The Hall–Kier alpha value is -1.82. The van der Waals surface area contributed by atoms with Crippen LogP contribution in [-0.4, -0.2) is 27.2 Å². The Labute approximate surface area is 81.7 Å². The van der Waals surface area contributed by atoms with Crippen molar-refractivity contribution < 1.29 is 11.0 Å². The minimum Gasteiger partial charge on any atom is -0.368 e. The summed E-state index contributed by atoms with van der Waals surface area (Å²) in [6.45, 7) is 1.17. The lowest BCUT2D eigenvalue weighted by Gasteiger charge is -2.17. The average molecular weight is 195 g/mol. The van der Waals surface area contributed by atoms with Gasteiger partial charge in [-0.3, -0.25) is 14.6 Å². The highest BCUT2D eigenvalue weighted by Gasteiger charge is 2.36. The highest BCUT2D eigenvalue weighted by molar-refractivity contribution is 6.16. The van der Waals surface area contributed by atoms with Crippen molar-refractivity contribution in [3.8, 4) is 0 Å². The Kier molecular flexibility index (Phi) is 2.19. The first-order valence-electron chi connectivity index (χ1n) is 4.28. The van der Waals surface area contributed by atoms with E-state index >= 15 is 0 Å². The van der Waals surface area contributed by atoms with Crippen molar-refractivity contribution in [2.75, 3.05) is 0 Å². The first-order valence-corrected chi connectivity index (χ1v) is 3.78. The van der Waals surface area contributed by atoms with Crippen LogP contribution in [0.1, 0.15) is 18.8 Å². The standard InChI is InChI=1S/C8H10N4O2/c1-8(10,7(9)14)6(13)5-4-11-2-3-12-5/h2-4H,10H2,1H3,(H2,9,14)/t8-/m1/s1/i4D. The van der Waals surface area contributed by atoms with E-state index < -0.39 is 17.2 Å². The van der Waals surface area contributed by atoms with Crippen LogP contribution in [0.2, 0.25) is 0 Å². The zero-order valence-corrected chi connectivity index (χ0v) is 7.52. The summed E-state index contributed by atoms with van der Waals surface area (Å²) < 4.78 is 7.32. The molecule has 1 aromatic rings. The van der Waals surface area contributed by atoms with E-state index in [1.165, 1.54) is 19.3 Å². The van der Waals surface area contributed by atoms with Crippen LogP contribution in [0.3, 0.4) is 0 Å². The van der Waals surface area contributed by atoms with Crippen molar-refractivity contribution in [3.05, 3.63) is 24.3 Å². The molecule has 6 nitrogen and oxygen atoms in total. The minimum atomic E-state index is -1.87. The Morgan fingerprint density at radius 3 is 2.71 bits per heavy atom. The second-order valence-corrected chi connectivity index (χ2v) is 2.91. The Morgan fingerprint density at radius 1 is 1.57 bits per heavy atom. The number of amides is 1. The molecule has 0 unspecified atom stereocenters. The zero-order chi connectivity index (χ0) is 11.6. The molecule has 1 rings (SSSR count). The van der Waals surface area contributed by atoms with Crippen LogP contribution in [-0.2, 0) is 4.79 Å². The fourth-order valence-electron chi connectivity index (χ4n) is 0.736. The quantitative estimate of drug-likeness (QED) is 0.467. The lowest BCUT2D eigenvalue weighted by molar-refractivity contribution is -0.121. The molecule has 1 aromatic heterocycles. The van der Waals surface area contributed by atoms with Crippen LogP contribution in [0.15, 0.2) is 18.6 Å². The van der Waals surface area contributed by atoms with E-state index in [1.54, 1.807) is 0 Å². The van der Waals surface area contributed by atoms with E-state index in [2.05, 4.69) is 9.97 Å². The van der Waals surface area contributed by atoms with Crippen LogP contribution in [0.5, 0.6) is 0 Å². The molecule has 4 N–H and O–H groups in total. The van der Waals surface area contributed by atoms with Crippen molar-refractivity contribution in [2.45, 2.75) is 12.5 Å². The second-order valence-electron chi connectivity index (χ2n) is 2.91. The number of ketones is 1. The van der Waals surface area contributed by atoms with Gasteiger partial charge in [0.1, 0.15) is 5.69 Å². The molecule has 0 aromatic carbocycles. The minimum absolute atomic E-state index is 0.263. The van der Waals surface area contributed by atoms with E-state index in [-0.39, 0.29) is 11.9 Å². The SMILES string of the molecule is [2H]c1nccnc1C(=O)[C@@](C)(N)C(N)=O. The summed E-state index contributed by atoms with van der Waals surface area (Å²) in [5.41, 5.74) is 8.26. The Morgan fingerprint density at radius 2 is 2.21 bits per heavy atom. The summed E-state index contributed by atoms with van der Waals surface area (Å²) in [4.78, 5) is 29.8. The maximum atomic E-state index is 11.7. The Balaban J connectivity index is 3.16. The molecular weight excluding hydrogens is 184 g/mol. The lowest BCUT2D eigenvalue weighted by Crippen LogP contribution is -2.55. The lowest BCUT2D eigenvalue weighted by atomic mass is 9.95. The molecule has 14 heavy (non-hydrogen) atoms. The molecule has 0 fully saturated rings. The third-order valence-electron chi connectivity index (χ3n) is 1.71. The van der Waals surface area contributed by atoms with Gasteiger partial charge in [0.15, 0.2) is 5.54 Å². The van der Waals surface area contributed by atoms with Gasteiger partial charge in [-0.05, 0) is 6.92 Å². The third kappa shape index (κ3) is 1.74. The predicted molar refractivity (Wildman–Crippen MR) is 48.1 cm³/mol. The van der Waals surface area contributed by atoms with Gasteiger partial charge in [-0.25, -0.2) is 4.98 Å². The molecule has 1 atom stereocenters. The highest BCUT2D eigenvalue weighted by Crippen LogP contribution is 2.06. The summed E-state index contributed by atoms with van der Waals surface area (Å²) >= 11 is 0. The largest absolute Gasteiger partial charge is 0.368 e. The number of hydrogen-bond donors (Lipinski definition) is 2. The van der Waals surface area contributed by atoms with E-state index in [0.717, 1.165) is 0 Å². The van der Waals surface area contributed by atoms with Crippen molar-refractivity contribution >= 4 is 11.7 Å². The summed E-state index contributed by atoms with van der Waals surface area (Å²) in [6, 6.07) is 0. The number of carbonyl (C=O) groups is 2. The molecule has 0 radical (unpaired) electrons. The van der Waals surface area contributed by atoms with Crippen molar-refractivity contribution in [3.63, 3.8) is 0 Å². The monoisotopic (exact) mass is 195 g/mol. The van der Waals surface area contributed by atoms with Gasteiger partial charge < -0.3 is 11.5 Å². The van der Waals surface area contributed by atoms with E-state index in [0.29, 0.717) is 0 Å². The molecule has 0 saturated carbocycles. The highest BCUT2D eigenvalue weighted by atomic mass is 16.2. The van der Waals surface area contributed by atoms with Crippen molar-refractivity contribution in [1.29, 1.82) is 0 Å². The molecular formula is C8H10N4O2.